The number of hydrogen-bond donors (Lipinski definition) is 2. The molecule has 0 aliphatic rings. The molecule has 5 nitrogen and oxygen atoms in total. The second kappa shape index (κ2) is 14.3. The predicted molar refractivity (Wildman–Crippen MR) is 128 cm³/mol. The SMILES string of the molecule is CCNC(=NCCCOC(C)c1ccccc1)NCCc1ccc(C)nc1.I. The van der Waals surface area contributed by atoms with Crippen molar-refractivity contribution in [2.24, 2.45) is 4.99 Å². The van der Waals surface area contributed by atoms with Crippen LogP contribution in [0.4, 0.5) is 0 Å². The van der Waals surface area contributed by atoms with Crippen LogP contribution >= 0.6 is 24.0 Å². The predicted octanol–water partition coefficient (Wildman–Crippen LogP) is 4.27. The Kier molecular flexibility index (Phi) is 12.5. The first kappa shape index (κ1) is 24.4. The Labute approximate surface area is 186 Å². The van der Waals surface area contributed by atoms with Crippen molar-refractivity contribution in [3.8, 4) is 0 Å². The molecule has 1 aromatic heterocycles. The number of aliphatic imine (C=N–C) groups is 1. The molecular weight excluding hydrogens is 463 g/mol. The highest BCUT2D eigenvalue weighted by atomic mass is 127. The van der Waals surface area contributed by atoms with Crippen LogP contribution in [0.3, 0.4) is 0 Å². The molecule has 154 valence electrons. The molecule has 28 heavy (non-hydrogen) atoms. The minimum atomic E-state index is 0. The van der Waals surface area contributed by atoms with Crippen molar-refractivity contribution >= 4 is 29.9 Å². The van der Waals surface area contributed by atoms with Gasteiger partial charge in [-0.05, 0) is 50.8 Å². The lowest BCUT2D eigenvalue weighted by atomic mass is 10.1. The van der Waals surface area contributed by atoms with Crippen molar-refractivity contribution in [1.82, 2.24) is 15.6 Å². The molecule has 1 heterocycles. The van der Waals surface area contributed by atoms with Crippen molar-refractivity contribution in [3.63, 3.8) is 0 Å². The van der Waals surface area contributed by atoms with Crippen molar-refractivity contribution in [3.05, 3.63) is 65.5 Å². The van der Waals surface area contributed by atoms with Gasteiger partial charge < -0.3 is 15.4 Å². The van der Waals surface area contributed by atoms with E-state index >= 15 is 0 Å². The third-order valence-corrected chi connectivity index (χ3v) is 4.23. The standard InChI is InChI=1S/C22H32N4O.HI/c1-4-23-22(25-15-13-20-12-11-18(2)26-17-20)24-14-8-16-27-19(3)21-9-6-5-7-10-21;/h5-7,9-12,17,19H,4,8,13-16H2,1-3H3,(H2,23,24,25);1H. The maximum absolute atomic E-state index is 5.90. The summed E-state index contributed by atoms with van der Waals surface area (Å²) >= 11 is 0. The quantitative estimate of drug-likeness (QED) is 0.223. The zero-order chi connectivity index (χ0) is 19.3. The fraction of sp³-hybridized carbons (Fsp3) is 0.455. The summed E-state index contributed by atoms with van der Waals surface area (Å²) in [4.78, 5) is 8.96. The van der Waals surface area contributed by atoms with E-state index in [-0.39, 0.29) is 30.1 Å². The number of rotatable bonds is 10. The maximum atomic E-state index is 5.90. The average molecular weight is 496 g/mol. The molecule has 0 amide bonds. The number of benzene rings is 1. The highest BCUT2D eigenvalue weighted by Crippen LogP contribution is 2.15. The largest absolute Gasteiger partial charge is 0.374 e. The molecule has 1 atom stereocenters. The van der Waals surface area contributed by atoms with Gasteiger partial charge in [-0.25, -0.2) is 0 Å². The number of ether oxygens (including phenoxy) is 1. The summed E-state index contributed by atoms with van der Waals surface area (Å²) in [5.74, 6) is 0.855. The lowest BCUT2D eigenvalue weighted by Crippen LogP contribution is -2.38. The van der Waals surface area contributed by atoms with E-state index in [1.807, 2.05) is 37.4 Å². The number of nitrogens with zero attached hydrogens (tertiary/aromatic N) is 2. The Balaban J connectivity index is 0.00000392. The van der Waals surface area contributed by atoms with Crippen LogP contribution in [0.2, 0.25) is 0 Å². The van der Waals surface area contributed by atoms with Crippen LogP contribution in [0, 0.1) is 6.92 Å². The van der Waals surface area contributed by atoms with Gasteiger partial charge in [0.25, 0.3) is 0 Å². The number of halogens is 1. The van der Waals surface area contributed by atoms with Gasteiger partial charge in [0.15, 0.2) is 5.96 Å². The van der Waals surface area contributed by atoms with Crippen molar-refractivity contribution in [2.75, 3.05) is 26.2 Å². The summed E-state index contributed by atoms with van der Waals surface area (Å²) in [7, 11) is 0. The van der Waals surface area contributed by atoms with Gasteiger partial charge in [-0.1, -0.05) is 36.4 Å². The van der Waals surface area contributed by atoms with E-state index < -0.39 is 0 Å². The molecule has 0 saturated carbocycles. The number of aromatic nitrogens is 1. The number of hydrogen-bond acceptors (Lipinski definition) is 3. The molecule has 0 bridgehead atoms. The van der Waals surface area contributed by atoms with Gasteiger partial charge in [0.1, 0.15) is 0 Å². The molecule has 2 N–H and O–H groups in total. The molecule has 0 spiro atoms. The molecule has 0 radical (unpaired) electrons. The summed E-state index contributed by atoms with van der Waals surface area (Å²) in [5, 5.41) is 6.67. The summed E-state index contributed by atoms with van der Waals surface area (Å²) in [6, 6.07) is 14.5. The minimum absolute atomic E-state index is 0. The van der Waals surface area contributed by atoms with Gasteiger partial charge in [-0.3, -0.25) is 9.98 Å². The van der Waals surface area contributed by atoms with E-state index in [0.717, 1.165) is 44.1 Å². The van der Waals surface area contributed by atoms with Crippen molar-refractivity contribution < 1.29 is 4.74 Å². The molecule has 0 saturated heterocycles. The third-order valence-electron chi connectivity index (χ3n) is 4.23. The minimum Gasteiger partial charge on any atom is -0.374 e. The fourth-order valence-corrected chi connectivity index (χ4v) is 2.65. The Morgan fingerprint density at radius 1 is 1.14 bits per heavy atom. The van der Waals surface area contributed by atoms with Crippen molar-refractivity contribution in [2.45, 2.75) is 39.7 Å². The fourth-order valence-electron chi connectivity index (χ4n) is 2.65. The van der Waals surface area contributed by atoms with Gasteiger partial charge in [0.2, 0.25) is 0 Å². The summed E-state index contributed by atoms with van der Waals surface area (Å²) < 4.78 is 5.90. The van der Waals surface area contributed by atoms with Crippen molar-refractivity contribution in [1.29, 1.82) is 0 Å². The average Bonchev–Trinajstić information content (AvgIpc) is 2.69. The molecule has 6 heteroatoms. The van der Waals surface area contributed by atoms with E-state index in [1.165, 1.54) is 11.1 Å². The Morgan fingerprint density at radius 3 is 2.61 bits per heavy atom. The maximum Gasteiger partial charge on any atom is 0.191 e. The topological polar surface area (TPSA) is 58.5 Å². The van der Waals surface area contributed by atoms with Crippen LogP contribution < -0.4 is 10.6 Å². The van der Waals surface area contributed by atoms with Gasteiger partial charge in [-0.15, -0.1) is 24.0 Å². The molecule has 1 aromatic carbocycles. The highest BCUT2D eigenvalue weighted by molar-refractivity contribution is 14.0. The highest BCUT2D eigenvalue weighted by Gasteiger charge is 2.04. The number of aryl methyl sites for hydroxylation is 1. The van der Waals surface area contributed by atoms with E-state index in [0.29, 0.717) is 6.61 Å². The second-order valence-corrected chi connectivity index (χ2v) is 6.52. The van der Waals surface area contributed by atoms with Crippen LogP contribution in [-0.4, -0.2) is 37.2 Å². The number of nitrogens with one attached hydrogen (secondary N) is 2. The molecule has 2 aromatic rings. The van der Waals surface area contributed by atoms with Crippen LogP contribution in [-0.2, 0) is 11.2 Å². The molecule has 1 unspecified atom stereocenters. The van der Waals surface area contributed by atoms with E-state index in [1.54, 1.807) is 0 Å². The first-order valence-corrected chi connectivity index (χ1v) is 9.79. The summed E-state index contributed by atoms with van der Waals surface area (Å²) in [6.07, 6.45) is 3.88. The normalized spacial score (nSPS) is 12.2. The van der Waals surface area contributed by atoms with Gasteiger partial charge in [0.05, 0.1) is 6.10 Å². The Bertz CT molecular complexity index is 677. The van der Waals surface area contributed by atoms with Crippen LogP contribution in [0.1, 0.15) is 43.2 Å². The van der Waals surface area contributed by atoms with Gasteiger partial charge >= 0.3 is 0 Å². The number of pyridine rings is 1. The second-order valence-electron chi connectivity index (χ2n) is 6.52. The molecule has 0 aliphatic carbocycles. The lowest BCUT2D eigenvalue weighted by molar-refractivity contribution is 0.0652. The van der Waals surface area contributed by atoms with Gasteiger partial charge in [-0.2, -0.15) is 0 Å². The Hall–Kier alpha value is -1.67. The zero-order valence-corrected chi connectivity index (χ0v) is 19.5. The monoisotopic (exact) mass is 496 g/mol. The van der Waals surface area contributed by atoms with Crippen LogP contribution in [0.25, 0.3) is 0 Å². The molecular formula is C22H33IN4O. The Morgan fingerprint density at radius 2 is 1.93 bits per heavy atom. The smallest absolute Gasteiger partial charge is 0.191 e. The molecule has 0 aliphatic heterocycles. The van der Waals surface area contributed by atoms with Gasteiger partial charge in [0, 0.05) is 38.1 Å². The molecule has 0 fully saturated rings. The molecule has 2 rings (SSSR count). The van der Waals surface area contributed by atoms with Crippen LogP contribution in [0.5, 0.6) is 0 Å². The van der Waals surface area contributed by atoms with E-state index in [2.05, 4.69) is 52.7 Å². The number of guanidine groups is 1. The van der Waals surface area contributed by atoms with E-state index in [9.17, 15) is 0 Å². The lowest BCUT2D eigenvalue weighted by Gasteiger charge is -2.13. The first-order valence-electron chi connectivity index (χ1n) is 9.79. The van der Waals surface area contributed by atoms with E-state index in [4.69, 9.17) is 4.74 Å². The summed E-state index contributed by atoms with van der Waals surface area (Å²) in [5.41, 5.74) is 3.49. The zero-order valence-electron chi connectivity index (χ0n) is 17.1. The first-order chi connectivity index (χ1) is 13.2. The van der Waals surface area contributed by atoms with Crippen LogP contribution in [0.15, 0.2) is 53.7 Å². The third kappa shape index (κ3) is 9.50. The summed E-state index contributed by atoms with van der Waals surface area (Å²) in [6.45, 7) is 9.28.